The molecule has 0 bridgehead atoms. The highest BCUT2D eigenvalue weighted by atomic mass is 19.1. The van der Waals surface area contributed by atoms with E-state index in [-0.39, 0.29) is 11.3 Å². The summed E-state index contributed by atoms with van der Waals surface area (Å²) in [5.74, 6) is -1.79. The Kier molecular flexibility index (Phi) is 2.28. The Bertz CT molecular complexity index is 303. The van der Waals surface area contributed by atoms with Gasteiger partial charge in [0.1, 0.15) is 17.4 Å². The summed E-state index contributed by atoms with van der Waals surface area (Å²) in [5.41, 5.74) is -0.379. The van der Waals surface area contributed by atoms with E-state index in [1.54, 1.807) is 20.8 Å². The van der Waals surface area contributed by atoms with Gasteiger partial charge in [0.25, 0.3) is 0 Å². The highest BCUT2D eigenvalue weighted by Crippen LogP contribution is 2.33. The van der Waals surface area contributed by atoms with Crippen molar-refractivity contribution >= 4 is 0 Å². The highest BCUT2D eigenvalue weighted by Gasteiger charge is 2.23. The van der Waals surface area contributed by atoms with Crippen molar-refractivity contribution in [2.24, 2.45) is 0 Å². The molecule has 0 atom stereocenters. The fraction of sp³-hybridized carbons (Fsp3) is 0.400. The first-order chi connectivity index (χ1) is 5.82. The molecule has 0 saturated heterocycles. The third kappa shape index (κ3) is 1.97. The molecule has 0 heterocycles. The van der Waals surface area contributed by atoms with Crippen LogP contribution in [0.4, 0.5) is 8.78 Å². The van der Waals surface area contributed by atoms with Gasteiger partial charge in [0.2, 0.25) is 0 Å². The first-order valence-corrected chi connectivity index (χ1v) is 4.01. The molecule has 0 radical (unpaired) electrons. The van der Waals surface area contributed by atoms with Gasteiger partial charge in [-0.3, -0.25) is 0 Å². The van der Waals surface area contributed by atoms with Crippen LogP contribution in [0.15, 0.2) is 12.1 Å². The second-order valence-corrected chi connectivity index (χ2v) is 4.03. The molecule has 1 aromatic carbocycles. The van der Waals surface area contributed by atoms with Crippen LogP contribution in [0, 0.1) is 11.6 Å². The molecule has 0 amide bonds. The van der Waals surface area contributed by atoms with Crippen molar-refractivity contribution in [1.29, 1.82) is 0 Å². The van der Waals surface area contributed by atoms with Gasteiger partial charge in [0.15, 0.2) is 0 Å². The summed E-state index contributed by atoms with van der Waals surface area (Å²) in [7, 11) is 0. The predicted molar refractivity (Wildman–Crippen MR) is 46.7 cm³/mol. The maximum Gasteiger partial charge on any atom is 0.133 e. The van der Waals surface area contributed by atoms with Crippen LogP contribution in [0.5, 0.6) is 5.75 Å². The molecular formula is C10H12F2O. The van der Waals surface area contributed by atoms with Crippen LogP contribution in [0.1, 0.15) is 26.3 Å². The van der Waals surface area contributed by atoms with Crippen LogP contribution in [0.25, 0.3) is 0 Å². The second kappa shape index (κ2) is 2.98. The van der Waals surface area contributed by atoms with E-state index in [0.717, 1.165) is 12.1 Å². The van der Waals surface area contributed by atoms with E-state index in [1.165, 1.54) is 0 Å². The van der Waals surface area contributed by atoms with E-state index in [9.17, 15) is 13.9 Å². The van der Waals surface area contributed by atoms with Gasteiger partial charge in [-0.15, -0.1) is 0 Å². The molecule has 0 fully saturated rings. The summed E-state index contributed by atoms with van der Waals surface area (Å²) in [6, 6.07) is 1.70. The molecule has 3 heteroatoms. The Hall–Kier alpha value is -1.12. The first kappa shape index (κ1) is 9.96. The predicted octanol–water partition coefficient (Wildman–Crippen LogP) is 2.97. The number of benzene rings is 1. The van der Waals surface area contributed by atoms with Crippen molar-refractivity contribution in [3.05, 3.63) is 29.3 Å². The number of phenols is 1. The summed E-state index contributed by atoms with van der Waals surface area (Å²) in [4.78, 5) is 0. The standard InChI is InChI=1S/C10H12F2O/c1-10(2,3)9-7(12)4-6(11)5-8(9)13/h4-5,13H,1-3H3. The normalized spacial score (nSPS) is 11.8. The molecule has 0 aliphatic heterocycles. The van der Waals surface area contributed by atoms with Crippen LogP contribution < -0.4 is 0 Å². The molecule has 0 aliphatic carbocycles. The largest absolute Gasteiger partial charge is 0.507 e. The summed E-state index contributed by atoms with van der Waals surface area (Å²) in [6.45, 7) is 5.26. The monoisotopic (exact) mass is 186 g/mol. The Morgan fingerprint density at radius 3 is 2.08 bits per heavy atom. The zero-order chi connectivity index (χ0) is 10.2. The van der Waals surface area contributed by atoms with Crippen molar-refractivity contribution in [1.82, 2.24) is 0 Å². The van der Waals surface area contributed by atoms with E-state index in [4.69, 9.17) is 0 Å². The highest BCUT2D eigenvalue weighted by molar-refractivity contribution is 5.38. The van der Waals surface area contributed by atoms with E-state index in [1.807, 2.05) is 0 Å². The Labute approximate surface area is 76.0 Å². The van der Waals surface area contributed by atoms with E-state index < -0.39 is 17.0 Å². The van der Waals surface area contributed by atoms with Gasteiger partial charge >= 0.3 is 0 Å². The third-order valence-electron chi connectivity index (χ3n) is 1.78. The van der Waals surface area contributed by atoms with Crippen molar-refractivity contribution in [3.8, 4) is 5.75 Å². The third-order valence-corrected chi connectivity index (χ3v) is 1.78. The molecule has 0 spiro atoms. The topological polar surface area (TPSA) is 20.2 Å². The SMILES string of the molecule is CC(C)(C)c1c(O)cc(F)cc1F. The van der Waals surface area contributed by atoms with Crippen LogP contribution in [-0.2, 0) is 5.41 Å². The summed E-state index contributed by atoms with van der Waals surface area (Å²) >= 11 is 0. The zero-order valence-electron chi connectivity index (χ0n) is 7.86. The molecule has 1 aromatic rings. The number of hydrogen-bond donors (Lipinski definition) is 1. The van der Waals surface area contributed by atoms with Crippen LogP contribution in [0.3, 0.4) is 0 Å². The molecule has 1 rings (SSSR count). The molecular weight excluding hydrogens is 174 g/mol. The molecule has 1 N–H and O–H groups in total. The molecule has 13 heavy (non-hydrogen) atoms. The fourth-order valence-corrected chi connectivity index (χ4v) is 1.30. The number of hydrogen-bond acceptors (Lipinski definition) is 1. The Morgan fingerprint density at radius 1 is 1.15 bits per heavy atom. The van der Waals surface area contributed by atoms with Crippen LogP contribution in [-0.4, -0.2) is 5.11 Å². The smallest absolute Gasteiger partial charge is 0.133 e. The van der Waals surface area contributed by atoms with Gasteiger partial charge in [0.05, 0.1) is 0 Å². The van der Waals surface area contributed by atoms with E-state index >= 15 is 0 Å². The lowest BCUT2D eigenvalue weighted by Gasteiger charge is -2.20. The Morgan fingerprint density at radius 2 is 1.69 bits per heavy atom. The van der Waals surface area contributed by atoms with Crippen LogP contribution >= 0.6 is 0 Å². The lowest BCUT2D eigenvalue weighted by Crippen LogP contribution is -2.14. The van der Waals surface area contributed by atoms with Crippen molar-refractivity contribution in [2.75, 3.05) is 0 Å². The van der Waals surface area contributed by atoms with E-state index in [2.05, 4.69) is 0 Å². The maximum absolute atomic E-state index is 13.2. The molecule has 72 valence electrons. The van der Waals surface area contributed by atoms with Gasteiger partial charge in [0, 0.05) is 17.7 Å². The quantitative estimate of drug-likeness (QED) is 0.660. The van der Waals surface area contributed by atoms with Crippen LogP contribution in [0.2, 0.25) is 0 Å². The van der Waals surface area contributed by atoms with E-state index in [0.29, 0.717) is 0 Å². The van der Waals surface area contributed by atoms with Gasteiger partial charge in [-0.05, 0) is 5.41 Å². The van der Waals surface area contributed by atoms with Crippen molar-refractivity contribution < 1.29 is 13.9 Å². The van der Waals surface area contributed by atoms with Crippen molar-refractivity contribution in [2.45, 2.75) is 26.2 Å². The Balaban J connectivity index is 3.38. The van der Waals surface area contributed by atoms with Crippen molar-refractivity contribution in [3.63, 3.8) is 0 Å². The maximum atomic E-state index is 13.2. The fourth-order valence-electron chi connectivity index (χ4n) is 1.30. The van der Waals surface area contributed by atoms with Gasteiger partial charge < -0.3 is 5.11 Å². The number of phenolic OH excluding ortho intramolecular Hbond substituents is 1. The summed E-state index contributed by atoms with van der Waals surface area (Å²) < 4.78 is 25.8. The summed E-state index contributed by atoms with van der Waals surface area (Å²) in [6.07, 6.45) is 0. The van der Waals surface area contributed by atoms with Gasteiger partial charge in [-0.25, -0.2) is 8.78 Å². The molecule has 0 aromatic heterocycles. The summed E-state index contributed by atoms with van der Waals surface area (Å²) in [5, 5.41) is 9.33. The first-order valence-electron chi connectivity index (χ1n) is 4.01. The minimum Gasteiger partial charge on any atom is -0.507 e. The zero-order valence-corrected chi connectivity index (χ0v) is 7.86. The second-order valence-electron chi connectivity index (χ2n) is 4.03. The van der Waals surface area contributed by atoms with Gasteiger partial charge in [-0.2, -0.15) is 0 Å². The minimum atomic E-state index is -0.761. The number of aromatic hydroxyl groups is 1. The number of rotatable bonds is 0. The molecule has 0 unspecified atom stereocenters. The average Bonchev–Trinajstić information content (AvgIpc) is 1.78. The molecule has 1 nitrogen and oxygen atoms in total. The minimum absolute atomic E-state index is 0.147. The van der Waals surface area contributed by atoms with Gasteiger partial charge in [-0.1, -0.05) is 20.8 Å². The molecule has 0 aliphatic rings. The number of halogens is 2. The average molecular weight is 186 g/mol. The lowest BCUT2D eigenvalue weighted by atomic mass is 9.86. The lowest BCUT2D eigenvalue weighted by molar-refractivity contribution is 0.421. The molecule has 0 saturated carbocycles.